The zero-order valence-corrected chi connectivity index (χ0v) is 29.2. The number of aromatic amines is 1. The normalized spacial score (nSPS) is 19.3. The van der Waals surface area contributed by atoms with Crippen molar-refractivity contribution in [2.24, 2.45) is 5.41 Å². The highest BCUT2D eigenvalue weighted by Crippen LogP contribution is 2.54. The summed E-state index contributed by atoms with van der Waals surface area (Å²) in [4.78, 5) is 20.0. The molecular formula is C45H44N2O3. The maximum absolute atomic E-state index is 14.0. The van der Waals surface area contributed by atoms with Crippen LogP contribution in [0.25, 0.3) is 17.0 Å². The highest BCUT2D eigenvalue weighted by molar-refractivity contribution is 5.99. The Morgan fingerprint density at radius 1 is 0.940 bits per heavy atom. The van der Waals surface area contributed by atoms with Crippen molar-refractivity contribution in [3.05, 3.63) is 173 Å². The number of nitrogens with zero attached hydrogens (tertiary/aromatic N) is 1. The van der Waals surface area contributed by atoms with Crippen molar-refractivity contribution in [2.75, 3.05) is 18.0 Å². The van der Waals surface area contributed by atoms with E-state index in [1.54, 1.807) is 0 Å². The largest absolute Gasteiger partial charge is 0.488 e. The first-order chi connectivity index (χ1) is 24.4. The van der Waals surface area contributed by atoms with Crippen molar-refractivity contribution >= 4 is 28.6 Å². The van der Waals surface area contributed by atoms with Gasteiger partial charge in [0.1, 0.15) is 12.4 Å². The van der Waals surface area contributed by atoms with Crippen LogP contribution >= 0.6 is 0 Å². The topological polar surface area (TPSA) is 54.6 Å². The smallest absolute Gasteiger partial charge is 0.340 e. The third-order valence-electron chi connectivity index (χ3n) is 10.4. The van der Waals surface area contributed by atoms with Crippen molar-refractivity contribution in [1.29, 1.82) is 0 Å². The molecular weight excluding hydrogens is 617 g/mol. The average Bonchev–Trinajstić information content (AvgIpc) is 3.66. The van der Waals surface area contributed by atoms with Gasteiger partial charge in [-0.3, -0.25) is 0 Å². The fourth-order valence-electron chi connectivity index (χ4n) is 7.78. The molecule has 2 aliphatic rings. The fraction of sp³-hybridized carbons (Fsp3) is 0.222. The van der Waals surface area contributed by atoms with Crippen molar-refractivity contribution in [2.45, 2.75) is 45.8 Å². The number of carbonyl (C=O) groups is 1. The van der Waals surface area contributed by atoms with Gasteiger partial charge in [0.2, 0.25) is 0 Å². The summed E-state index contributed by atoms with van der Waals surface area (Å²) >= 11 is 0. The van der Waals surface area contributed by atoms with E-state index in [0.29, 0.717) is 17.9 Å². The van der Waals surface area contributed by atoms with E-state index >= 15 is 0 Å². The van der Waals surface area contributed by atoms with Crippen molar-refractivity contribution in [3.63, 3.8) is 0 Å². The molecule has 1 aromatic heterocycles. The number of allylic oxidation sites excluding steroid dienone is 5. The standard InChI is InChI=1S/C45H44N2O3/c1-6-32-20-22-33(23-21-32)30-49-40-28-35(47(8-3)9-4)24-25-38(40)45(37-18-12-11-17-36(37)43(48)50-45)42-31(5)46-39-19-15-16-34(41(39)42)29-44(7-2)26-13-10-14-27-44/h6-7,10-26,28,46H,1-2,8-9,27,29-30H2,3-5H3. The first kappa shape index (κ1) is 33.0. The predicted molar refractivity (Wildman–Crippen MR) is 205 cm³/mol. The number of aryl methyl sites for hydroxylation is 1. The van der Waals surface area contributed by atoms with Gasteiger partial charge in [-0.15, -0.1) is 6.58 Å². The van der Waals surface area contributed by atoms with Crippen LogP contribution in [0.2, 0.25) is 0 Å². The number of fused-ring (bicyclic) bond motifs is 2. The molecule has 0 saturated heterocycles. The number of hydrogen-bond acceptors (Lipinski definition) is 4. The number of benzene rings is 4. The minimum absolute atomic E-state index is 0.232. The fourth-order valence-corrected chi connectivity index (χ4v) is 7.78. The van der Waals surface area contributed by atoms with E-state index in [0.717, 1.165) is 81.6 Å². The van der Waals surface area contributed by atoms with Gasteiger partial charge in [-0.25, -0.2) is 4.79 Å². The molecule has 0 radical (unpaired) electrons. The van der Waals surface area contributed by atoms with Gasteiger partial charge in [0.15, 0.2) is 5.60 Å². The molecule has 0 fully saturated rings. The number of carbonyl (C=O) groups excluding carboxylic acids is 1. The molecule has 2 heterocycles. The van der Waals surface area contributed by atoms with Crippen LogP contribution in [0.3, 0.4) is 0 Å². The first-order valence-electron chi connectivity index (χ1n) is 17.5. The SMILES string of the molecule is C=Cc1ccc(COc2cc(N(CC)CC)ccc2C2(c3c(C)[nH]c4cccc(CC5(C=C)C=CC=CC5)c34)OC(=O)c3ccccc32)cc1. The van der Waals surface area contributed by atoms with E-state index in [2.05, 4.69) is 123 Å². The number of rotatable bonds is 12. The number of H-pyrrole nitrogens is 1. The summed E-state index contributed by atoms with van der Waals surface area (Å²) in [5.74, 6) is 0.314. The van der Waals surface area contributed by atoms with Gasteiger partial charge in [-0.05, 0) is 74.6 Å². The third kappa shape index (κ3) is 5.57. The van der Waals surface area contributed by atoms with Gasteiger partial charge in [0.05, 0.1) is 5.56 Å². The summed E-state index contributed by atoms with van der Waals surface area (Å²) in [6, 6.07) is 28.7. The maximum Gasteiger partial charge on any atom is 0.340 e. The number of aromatic nitrogens is 1. The molecule has 1 aliphatic heterocycles. The van der Waals surface area contributed by atoms with Crippen molar-refractivity contribution in [1.82, 2.24) is 4.98 Å². The van der Waals surface area contributed by atoms with Crippen LogP contribution in [-0.2, 0) is 23.4 Å². The summed E-state index contributed by atoms with van der Waals surface area (Å²) in [5, 5.41) is 1.05. The average molecular weight is 661 g/mol. The van der Waals surface area contributed by atoms with Crippen LogP contribution in [0.1, 0.15) is 69.7 Å². The highest BCUT2D eigenvalue weighted by Gasteiger charge is 2.52. The highest BCUT2D eigenvalue weighted by atomic mass is 16.6. The molecule has 0 spiro atoms. The van der Waals surface area contributed by atoms with Crippen molar-refractivity contribution in [3.8, 4) is 5.75 Å². The van der Waals surface area contributed by atoms with Crippen LogP contribution in [-0.4, -0.2) is 24.0 Å². The minimum atomic E-state index is -1.28. The van der Waals surface area contributed by atoms with Gasteiger partial charge in [-0.1, -0.05) is 97.6 Å². The molecule has 2 unspecified atom stereocenters. The number of hydrogen-bond donors (Lipinski definition) is 1. The molecule has 1 N–H and O–H groups in total. The summed E-state index contributed by atoms with van der Waals surface area (Å²) in [5.41, 5.74) is 7.77. The van der Waals surface area contributed by atoms with E-state index in [4.69, 9.17) is 9.47 Å². The van der Waals surface area contributed by atoms with Crippen LogP contribution in [0.5, 0.6) is 5.75 Å². The van der Waals surface area contributed by atoms with Gasteiger partial charge < -0.3 is 19.4 Å². The van der Waals surface area contributed by atoms with Gasteiger partial charge in [-0.2, -0.15) is 0 Å². The monoisotopic (exact) mass is 660 g/mol. The molecule has 4 aromatic carbocycles. The lowest BCUT2D eigenvalue weighted by Gasteiger charge is -2.34. The lowest BCUT2D eigenvalue weighted by molar-refractivity contribution is 0.0245. The number of anilines is 1. The van der Waals surface area contributed by atoms with Crippen LogP contribution in [0, 0.1) is 12.3 Å². The summed E-state index contributed by atoms with van der Waals surface area (Å²) in [7, 11) is 0. The molecule has 0 amide bonds. The first-order valence-corrected chi connectivity index (χ1v) is 17.5. The van der Waals surface area contributed by atoms with Crippen LogP contribution in [0.4, 0.5) is 5.69 Å². The molecule has 5 nitrogen and oxygen atoms in total. The van der Waals surface area contributed by atoms with Crippen LogP contribution < -0.4 is 9.64 Å². The molecule has 1 aliphatic carbocycles. The Balaban J connectivity index is 1.48. The Morgan fingerprint density at radius 2 is 1.74 bits per heavy atom. The maximum atomic E-state index is 14.0. The quantitative estimate of drug-likeness (QED) is 0.107. The summed E-state index contributed by atoms with van der Waals surface area (Å²) in [6.45, 7) is 16.6. The molecule has 252 valence electrons. The Bertz CT molecular complexity index is 2150. The van der Waals surface area contributed by atoms with E-state index in [9.17, 15) is 4.79 Å². The van der Waals surface area contributed by atoms with Crippen molar-refractivity contribution < 1.29 is 14.3 Å². The number of cyclic esters (lactones) is 1. The van der Waals surface area contributed by atoms with Gasteiger partial charge in [0.25, 0.3) is 0 Å². The number of ether oxygens (including phenoxy) is 2. The zero-order chi connectivity index (χ0) is 34.9. The molecule has 0 bridgehead atoms. The number of esters is 1. The molecule has 5 heteroatoms. The van der Waals surface area contributed by atoms with Crippen LogP contribution in [0.15, 0.2) is 128 Å². The molecule has 50 heavy (non-hydrogen) atoms. The summed E-state index contributed by atoms with van der Waals surface area (Å²) < 4.78 is 13.6. The van der Waals surface area contributed by atoms with E-state index in [-0.39, 0.29) is 11.4 Å². The second-order valence-corrected chi connectivity index (χ2v) is 13.3. The third-order valence-corrected chi connectivity index (χ3v) is 10.4. The summed E-state index contributed by atoms with van der Waals surface area (Å²) in [6.07, 6.45) is 14.2. The molecule has 7 rings (SSSR count). The number of nitrogens with one attached hydrogen (secondary N) is 1. The Labute approximate surface area is 295 Å². The predicted octanol–water partition coefficient (Wildman–Crippen LogP) is 10.2. The second-order valence-electron chi connectivity index (χ2n) is 13.3. The Morgan fingerprint density at radius 3 is 2.46 bits per heavy atom. The van der Waals surface area contributed by atoms with Gasteiger partial charge in [0, 0.05) is 63.5 Å². The van der Waals surface area contributed by atoms with Gasteiger partial charge >= 0.3 is 5.97 Å². The lowest BCUT2D eigenvalue weighted by Crippen LogP contribution is -2.31. The van der Waals surface area contributed by atoms with E-state index in [1.165, 1.54) is 0 Å². The Kier molecular flexibility index (Phi) is 8.83. The molecule has 0 saturated carbocycles. The van der Waals surface area contributed by atoms with E-state index in [1.807, 2.05) is 42.5 Å². The second kappa shape index (κ2) is 13.4. The molecule has 5 aromatic rings. The van der Waals surface area contributed by atoms with E-state index < -0.39 is 5.60 Å². The lowest BCUT2D eigenvalue weighted by atomic mass is 9.74. The Hall–Kier alpha value is -5.55. The zero-order valence-electron chi connectivity index (χ0n) is 29.2. The minimum Gasteiger partial charge on any atom is -0.488 e. The molecule has 2 atom stereocenters.